The van der Waals surface area contributed by atoms with Gasteiger partial charge in [0.2, 0.25) is 0 Å². The van der Waals surface area contributed by atoms with Crippen molar-refractivity contribution in [2.75, 3.05) is 38.2 Å². The van der Waals surface area contributed by atoms with Crippen molar-refractivity contribution in [2.24, 2.45) is 0 Å². The van der Waals surface area contributed by atoms with Gasteiger partial charge in [0.05, 0.1) is 12.2 Å². The van der Waals surface area contributed by atoms with Crippen LogP contribution in [0.3, 0.4) is 0 Å². The SMILES string of the molecule is CNCc1cn(CCN2CCSCC2)nn1. The van der Waals surface area contributed by atoms with Gasteiger partial charge in [-0.15, -0.1) is 5.10 Å². The van der Waals surface area contributed by atoms with Crippen LogP contribution in [0.25, 0.3) is 0 Å². The number of aromatic nitrogens is 3. The Kier molecular flexibility index (Phi) is 4.62. The number of rotatable bonds is 5. The molecule has 90 valence electrons. The van der Waals surface area contributed by atoms with Crippen molar-refractivity contribution < 1.29 is 0 Å². The van der Waals surface area contributed by atoms with Crippen molar-refractivity contribution in [2.45, 2.75) is 13.1 Å². The molecule has 1 aliphatic heterocycles. The first kappa shape index (κ1) is 11.9. The molecule has 0 aliphatic carbocycles. The highest BCUT2D eigenvalue weighted by molar-refractivity contribution is 7.99. The van der Waals surface area contributed by atoms with Gasteiger partial charge in [-0.25, -0.2) is 0 Å². The van der Waals surface area contributed by atoms with Gasteiger partial charge >= 0.3 is 0 Å². The van der Waals surface area contributed by atoms with E-state index >= 15 is 0 Å². The molecule has 1 saturated heterocycles. The van der Waals surface area contributed by atoms with Gasteiger partial charge in [-0.2, -0.15) is 11.8 Å². The Hall–Kier alpha value is -0.590. The third-order valence-corrected chi connectivity index (χ3v) is 3.64. The van der Waals surface area contributed by atoms with E-state index in [2.05, 4.69) is 20.5 Å². The summed E-state index contributed by atoms with van der Waals surface area (Å²) in [6, 6.07) is 0. The Morgan fingerprint density at radius 3 is 2.94 bits per heavy atom. The standard InChI is InChI=1S/C10H19N5S/c1-11-8-10-9-15(13-12-10)3-2-14-4-6-16-7-5-14/h9,11H,2-8H2,1H3. The maximum absolute atomic E-state index is 4.11. The molecule has 1 fully saturated rings. The normalized spacial score (nSPS) is 17.8. The van der Waals surface area contributed by atoms with E-state index in [9.17, 15) is 0 Å². The first-order chi connectivity index (χ1) is 7.88. The number of thioether (sulfide) groups is 1. The van der Waals surface area contributed by atoms with E-state index < -0.39 is 0 Å². The van der Waals surface area contributed by atoms with Crippen molar-refractivity contribution in [3.63, 3.8) is 0 Å². The molecule has 0 spiro atoms. The van der Waals surface area contributed by atoms with Crippen molar-refractivity contribution >= 4 is 11.8 Å². The molecule has 0 bridgehead atoms. The van der Waals surface area contributed by atoms with Crippen LogP contribution >= 0.6 is 11.8 Å². The summed E-state index contributed by atoms with van der Waals surface area (Å²) in [6.07, 6.45) is 2.02. The van der Waals surface area contributed by atoms with Crippen LogP contribution in [0.2, 0.25) is 0 Å². The van der Waals surface area contributed by atoms with Gasteiger partial charge in [0.1, 0.15) is 0 Å². The van der Waals surface area contributed by atoms with Crippen LogP contribution in [0.4, 0.5) is 0 Å². The number of hydrogen-bond acceptors (Lipinski definition) is 5. The van der Waals surface area contributed by atoms with E-state index in [0.717, 1.165) is 25.3 Å². The largest absolute Gasteiger partial charge is 0.314 e. The molecule has 1 aromatic rings. The highest BCUT2D eigenvalue weighted by atomic mass is 32.2. The second-order valence-corrected chi connectivity index (χ2v) is 5.18. The van der Waals surface area contributed by atoms with Gasteiger partial charge in [0.15, 0.2) is 0 Å². The van der Waals surface area contributed by atoms with Gasteiger partial charge < -0.3 is 5.32 Å². The van der Waals surface area contributed by atoms with Crippen LogP contribution < -0.4 is 5.32 Å². The van der Waals surface area contributed by atoms with Crippen molar-refractivity contribution in [1.29, 1.82) is 0 Å². The van der Waals surface area contributed by atoms with Gasteiger partial charge in [-0.3, -0.25) is 9.58 Å². The summed E-state index contributed by atoms with van der Waals surface area (Å²) in [4.78, 5) is 2.50. The Morgan fingerprint density at radius 2 is 2.19 bits per heavy atom. The molecule has 2 rings (SSSR count). The zero-order valence-corrected chi connectivity index (χ0v) is 10.5. The summed E-state index contributed by atoms with van der Waals surface area (Å²) in [5.41, 5.74) is 1.01. The number of hydrogen-bond donors (Lipinski definition) is 1. The molecule has 1 aromatic heterocycles. The lowest BCUT2D eigenvalue weighted by Gasteiger charge is -2.25. The first-order valence-corrected chi connectivity index (χ1v) is 6.87. The molecular weight excluding hydrogens is 222 g/mol. The Labute approximate surface area is 101 Å². The van der Waals surface area contributed by atoms with E-state index in [1.54, 1.807) is 0 Å². The zero-order chi connectivity index (χ0) is 11.2. The summed E-state index contributed by atoms with van der Waals surface area (Å²) < 4.78 is 1.94. The maximum Gasteiger partial charge on any atom is 0.0964 e. The summed E-state index contributed by atoms with van der Waals surface area (Å²) in [6.45, 7) is 5.25. The van der Waals surface area contributed by atoms with E-state index in [0.29, 0.717) is 0 Å². The monoisotopic (exact) mass is 241 g/mol. The van der Waals surface area contributed by atoms with Crippen LogP contribution in [0.5, 0.6) is 0 Å². The van der Waals surface area contributed by atoms with Gasteiger partial charge in [-0.05, 0) is 7.05 Å². The molecule has 0 amide bonds. The summed E-state index contributed by atoms with van der Waals surface area (Å²) in [5.74, 6) is 2.53. The van der Waals surface area contributed by atoms with Gasteiger partial charge in [-0.1, -0.05) is 5.21 Å². The van der Waals surface area contributed by atoms with Crippen LogP contribution in [0, 0.1) is 0 Å². The lowest BCUT2D eigenvalue weighted by atomic mass is 10.4. The third kappa shape index (κ3) is 3.47. The quantitative estimate of drug-likeness (QED) is 0.789. The summed E-state index contributed by atoms with van der Waals surface area (Å²) in [5, 5.41) is 11.3. The van der Waals surface area contributed by atoms with Gasteiger partial charge in [0.25, 0.3) is 0 Å². The van der Waals surface area contributed by atoms with Crippen molar-refractivity contribution in [3.05, 3.63) is 11.9 Å². The van der Waals surface area contributed by atoms with Crippen LogP contribution in [-0.4, -0.2) is 58.1 Å². The summed E-state index contributed by atoms with van der Waals surface area (Å²) >= 11 is 2.05. The third-order valence-electron chi connectivity index (χ3n) is 2.69. The fourth-order valence-electron chi connectivity index (χ4n) is 1.78. The number of nitrogens with one attached hydrogen (secondary N) is 1. The lowest BCUT2D eigenvalue weighted by Crippen LogP contribution is -2.35. The zero-order valence-electron chi connectivity index (χ0n) is 9.72. The minimum atomic E-state index is 0.792. The van der Waals surface area contributed by atoms with E-state index in [1.165, 1.54) is 24.6 Å². The van der Waals surface area contributed by atoms with Crippen molar-refractivity contribution in [1.82, 2.24) is 25.2 Å². The molecule has 5 nitrogen and oxygen atoms in total. The van der Waals surface area contributed by atoms with E-state index in [-0.39, 0.29) is 0 Å². The topological polar surface area (TPSA) is 46.0 Å². The average molecular weight is 241 g/mol. The average Bonchev–Trinajstić information content (AvgIpc) is 2.76. The molecule has 1 N–H and O–H groups in total. The van der Waals surface area contributed by atoms with Gasteiger partial charge in [0, 0.05) is 43.9 Å². The fraction of sp³-hybridized carbons (Fsp3) is 0.800. The molecular formula is C10H19N5S. The molecule has 0 saturated carbocycles. The van der Waals surface area contributed by atoms with Crippen molar-refractivity contribution in [3.8, 4) is 0 Å². The molecule has 0 radical (unpaired) electrons. The maximum atomic E-state index is 4.11. The molecule has 0 aromatic carbocycles. The summed E-state index contributed by atoms with van der Waals surface area (Å²) in [7, 11) is 1.92. The minimum Gasteiger partial charge on any atom is -0.314 e. The Balaban J connectivity index is 1.75. The van der Waals surface area contributed by atoms with Crippen LogP contribution in [0.15, 0.2) is 6.20 Å². The lowest BCUT2D eigenvalue weighted by molar-refractivity contribution is 0.283. The Morgan fingerprint density at radius 1 is 1.38 bits per heavy atom. The highest BCUT2D eigenvalue weighted by Crippen LogP contribution is 2.08. The smallest absolute Gasteiger partial charge is 0.0964 e. The molecule has 0 unspecified atom stereocenters. The Bertz CT molecular complexity index is 308. The predicted molar refractivity (Wildman–Crippen MR) is 66.6 cm³/mol. The molecule has 1 aliphatic rings. The van der Waals surface area contributed by atoms with Crippen LogP contribution in [0.1, 0.15) is 5.69 Å². The molecule has 0 atom stereocenters. The molecule has 2 heterocycles. The highest BCUT2D eigenvalue weighted by Gasteiger charge is 2.10. The predicted octanol–water partition coefficient (Wildman–Crippen LogP) is 0.0463. The number of nitrogens with zero attached hydrogens (tertiary/aromatic N) is 4. The second kappa shape index (κ2) is 6.22. The van der Waals surface area contributed by atoms with E-state index in [1.807, 2.05) is 29.7 Å². The molecule has 6 heteroatoms. The first-order valence-electron chi connectivity index (χ1n) is 5.72. The van der Waals surface area contributed by atoms with Crippen LogP contribution in [-0.2, 0) is 13.1 Å². The minimum absolute atomic E-state index is 0.792. The molecule has 16 heavy (non-hydrogen) atoms. The fourth-order valence-corrected chi connectivity index (χ4v) is 2.76. The second-order valence-electron chi connectivity index (χ2n) is 3.96. The van der Waals surface area contributed by atoms with E-state index in [4.69, 9.17) is 0 Å².